The van der Waals surface area contributed by atoms with Gasteiger partial charge in [0.25, 0.3) is 11.8 Å². The minimum atomic E-state index is -0.483. The summed E-state index contributed by atoms with van der Waals surface area (Å²) in [6.07, 6.45) is 0. The molecule has 0 unspecified atom stereocenters. The second-order valence-electron chi connectivity index (χ2n) is 6.09. The van der Waals surface area contributed by atoms with Gasteiger partial charge in [0, 0.05) is 11.4 Å². The molecule has 3 rings (SSSR count). The van der Waals surface area contributed by atoms with E-state index < -0.39 is 17.6 Å². The molecule has 6 heteroatoms. The molecule has 5 nitrogen and oxygen atoms in total. The van der Waals surface area contributed by atoms with Gasteiger partial charge in [-0.15, -0.1) is 0 Å². The highest BCUT2D eigenvalue weighted by atomic mass is 19.1. The number of hydrogen-bond donors (Lipinski definition) is 2. The fraction of sp³-hybridized carbons (Fsp3) is 0.0952. The molecule has 136 valence electrons. The fourth-order valence-electron chi connectivity index (χ4n) is 2.61. The van der Waals surface area contributed by atoms with Gasteiger partial charge in [-0.1, -0.05) is 24.3 Å². The lowest BCUT2D eigenvalue weighted by Crippen LogP contribution is -2.19. The molecule has 0 saturated carbocycles. The minimum absolute atomic E-state index is 0.0912. The number of amides is 2. The maximum absolute atomic E-state index is 13.0. The van der Waals surface area contributed by atoms with Gasteiger partial charge in [0.15, 0.2) is 0 Å². The zero-order valence-corrected chi connectivity index (χ0v) is 14.9. The van der Waals surface area contributed by atoms with Crippen LogP contribution in [0.25, 0.3) is 0 Å². The highest BCUT2D eigenvalue weighted by Gasteiger charge is 2.14. The summed E-state index contributed by atoms with van der Waals surface area (Å²) in [5.41, 5.74) is 3.26. The lowest BCUT2D eigenvalue weighted by molar-refractivity contribution is 0.101. The Hall–Kier alpha value is -3.54. The summed E-state index contributed by atoms with van der Waals surface area (Å²) < 4.78 is 13.0. The smallest absolute Gasteiger partial charge is 0.274 e. The van der Waals surface area contributed by atoms with Crippen LogP contribution in [0.15, 0.2) is 60.7 Å². The van der Waals surface area contributed by atoms with E-state index in [-0.39, 0.29) is 11.4 Å². The number of aromatic nitrogens is 1. The number of pyridine rings is 1. The van der Waals surface area contributed by atoms with Crippen molar-refractivity contribution in [2.45, 2.75) is 13.8 Å². The molecule has 0 atom stereocenters. The van der Waals surface area contributed by atoms with Crippen molar-refractivity contribution < 1.29 is 14.0 Å². The van der Waals surface area contributed by atoms with Crippen molar-refractivity contribution in [2.75, 3.05) is 10.6 Å². The van der Waals surface area contributed by atoms with Crippen LogP contribution in [0.3, 0.4) is 0 Å². The average Bonchev–Trinajstić information content (AvgIpc) is 2.66. The quantitative estimate of drug-likeness (QED) is 0.724. The Morgan fingerprint density at radius 3 is 1.89 bits per heavy atom. The molecule has 0 bridgehead atoms. The Morgan fingerprint density at radius 1 is 0.778 bits per heavy atom. The Morgan fingerprint density at radius 2 is 1.30 bits per heavy atom. The SMILES string of the molecule is Cc1cccc(C)c1NC(=O)c1cccc(C(=O)Nc2ccc(F)cc2)n1. The summed E-state index contributed by atoms with van der Waals surface area (Å²) in [5, 5.41) is 5.46. The highest BCUT2D eigenvalue weighted by Crippen LogP contribution is 2.20. The van der Waals surface area contributed by atoms with Gasteiger partial charge in [-0.2, -0.15) is 0 Å². The van der Waals surface area contributed by atoms with Gasteiger partial charge >= 0.3 is 0 Å². The van der Waals surface area contributed by atoms with E-state index in [0.717, 1.165) is 16.8 Å². The molecule has 2 amide bonds. The number of nitrogens with zero attached hydrogens (tertiary/aromatic N) is 1. The molecule has 2 aromatic carbocycles. The molecule has 0 radical (unpaired) electrons. The third kappa shape index (κ3) is 4.36. The molecule has 0 aliphatic heterocycles. The predicted octanol–water partition coefficient (Wildman–Crippen LogP) is 4.34. The van der Waals surface area contributed by atoms with Gasteiger partial charge in [0.05, 0.1) is 0 Å². The van der Waals surface area contributed by atoms with Crippen molar-refractivity contribution in [1.82, 2.24) is 4.98 Å². The molecular weight excluding hydrogens is 345 g/mol. The van der Waals surface area contributed by atoms with Crippen molar-refractivity contribution in [3.63, 3.8) is 0 Å². The molecule has 0 spiro atoms. The number of hydrogen-bond acceptors (Lipinski definition) is 3. The monoisotopic (exact) mass is 363 g/mol. The third-order valence-corrected chi connectivity index (χ3v) is 4.04. The zero-order valence-electron chi connectivity index (χ0n) is 14.9. The first-order chi connectivity index (χ1) is 12.9. The van der Waals surface area contributed by atoms with E-state index in [1.807, 2.05) is 32.0 Å². The maximum atomic E-state index is 13.0. The molecule has 1 aromatic heterocycles. The summed E-state index contributed by atoms with van der Waals surface area (Å²) >= 11 is 0. The fourth-order valence-corrected chi connectivity index (χ4v) is 2.61. The van der Waals surface area contributed by atoms with Crippen LogP contribution >= 0.6 is 0 Å². The summed E-state index contributed by atoms with van der Waals surface area (Å²) in [6.45, 7) is 3.81. The molecule has 0 aliphatic rings. The molecule has 27 heavy (non-hydrogen) atoms. The van der Waals surface area contributed by atoms with Gasteiger partial charge in [0.2, 0.25) is 0 Å². The Bertz CT molecular complexity index is 980. The van der Waals surface area contributed by atoms with E-state index in [2.05, 4.69) is 15.6 Å². The predicted molar refractivity (Wildman–Crippen MR) is 102 cm³/mol. The Labute approximate surface area is 156 Å². The second kappa shape index (κ2) is 7.78. The van der Waals surface area contributed by atoms with Crippen LogP contribution in [0.1, 0.15) is 32.1 Å². The lowest BCUT2D eigenvalue weighted by atomic mass is 10.1. The first kappa shape index (κ1) is 18.3. The number of halogens is 1. The number of anilines is 2. The molecule has 0 aliphatic carbocycles. The zero-order chi connectivity index (χ0) is 19.4. The Balaban J connectivity index is 1.77. The molecule has 2 N–H and O–H groups in total. The summed E-state index contributed by atoms with van der Waals surface area (Å²) in [5.74, 6) is -1.27. The van der Waals surface area contributed by atoms with Crippen LogP contribution in [0.4, 0.5) is 15.8 Å². The standard InChI is InChI=1S/C21H18FN3O2/c1-13-5-3-6-14(2)19(13)25-21(27)18-8-4-7-17(24-18)20(26)23-16-11-9-15(22)10-12-16/h3-12H,1-2H3,(H,23,26)(H,25,27). The molecular formula is C21H18FN3O2. The molecule has 0 fully saturated rings. The Kier molecular flexibility index (Phi) is 5.26. The number of carbonyl (C=O) groups is 2. The van der Waals surface area contributed by atoms with Crippen LogP contribution in [-0.4, -0.2) is 16.8 Å². The summed E-state index contributed by atoms with van der Waals surface area (Å²) in [7, 11) is 0. The van der Waals surface area contributed by atoms with E-state index >= 15 is 0 Å². The normalized spacial score (nSPS) is 10.3. The summed E-state index contributed by atoms with van der Waals surface area (Å²) in [6, 6.07) is 15.8. The number of rotatable bonds is 4. The van der Waals surface area contributed by atoms with Gasteiger partial charge in [-0.3, -0.25) is 9.59 Å². The molecule has 1 heterocycles. The number of carbonyl (C=O) groups excluding carboxylic acids is 2. The van der Waals surface area contributed by atoms with E-state index in [1.54, 1.807) is 6.07 Å². The first-order valence-corrected chi connectivity index (χ1v) is 8.35. The average molecular weight is 363 g/mol. The third-order valence-electron chi connectivity index (χ3n) is 4.04. The molecule has 3 aromatic rings. The van der Waals surface area contributed by atoms with Crippen LogP contribution in [0.5, 0.6) is 0 Å². The summed E-state index contributed by atoms with van der Waals surface area (Å²) in [4.78, 5) is 29.0. The van der Waals surface area contributed by atoms with E-state index in [9.17, 15) is 14.0 Å². The maximum Gasteiger partial charge on any atom is 0.274 e. The van der Waals surface area contributed by atoms with Crippen molar-refractivity contribution in [3.8, 4) is 0 Å². The van der Waals surface area contributed by atoms with Crippen molar-refractivity contribution in [2.24, 2.45) is 0 Å². The van der Waals surface area contributed by atoms with Crippen molar-refractivity contribution in [3.05, 3.63) is 89.0 Å². The van der Waals surface area contributed by atoms with Crippen molar-refractivity contribution >= 4 is 23.2 Å². The minimum Gasteiger partial charge on any atom is -0.321 e. The van der Waals surface area contributed by atoms with Crippen molar-refractivity contribution in [1.29, 1.82) is 0 Å². The number of benzene rings is 2. The highest BCUT2D eigenvalue weighted by molar-refractivity contribution is 6.06. The van der Waals surface area contributed by atoms with E-state index in [1.165, 1.54) is 36.4 Å². The molecule has 0 saturated heterocycles. The number of aryl methyl sites for hydroxylation is 2. The first-order valence-electron chi connectivity index (χ1n) is 8.35. The largest absolute Gasteiger partial charge is 0.321 e. The number of nitrogens with one attached hydrogen (secondary N) is 2. The van der Waals surface area contributed by atoms with Gasteiger partial charge < -0.3 is 10.6 Å². The van der Waals surface area contributed by atoms with Crippen LogP contribution in [0.2, 0.25) is 0 Å². The second-order valence-corrected chi connectivity index (χ2v) is 6.09. The van der Waals surface area contributed by atoms with Gasteiger partial charge in [0.1, 0.15) is 17.2 Å². The van der Waals surface area contributed by atoms with E-state index in [4.69, 9.17) is 0 Å². The van der Waals surface area contributed by atoms with Crippen LogP contribution in [0, 0.1) is 19.7 Å². The number of para-hydroxylation sites is 1. The van der Waals surface area contributed by atoms with Gasteiger partial charge in [-0.25, -0.2) is 9.37 Å². The van der Waals surface area contributed by atoms with Gasteiger partial charge in [-0.05, 0) is 61.4 Å². The van der Waals surface area contributed by atoms with Crippen LogP contribution < -0.4 is 10.6 Å². The van der Waals surface area contributed by atoms with E-state index in [0.29, 0.717) is 5.69 Å². The topological polar surface area (TPSA) is 71.1 Å². The van der Waals surface area contributed by atoms with Crippen LogP contribution in [-0.2, 0) is 0 Å². The lowest BCUT2D eigenvalue weighted by Gasteiger charge is -2.11.